The molecular weight excluding hydrogens is 321 g/mol. The largest absolute Gasteiger partial charge is 0.485 e. The van der Waals surface area contributed by atoms with Crippen LogP contribution in [0.2, 0.25) is 10.0 Å². The molecule has 0 saturated carbocycles. The fourth-order valence-electron chi connectivity index (χ4n) is 2.30. The maximum Gasteiger partial charge on any atom is 0.179 e. The van der Waals surface area contributed by atoms with Crippen molar-refractivity contribution in [1.82, 2.24) is 9.38 Å². The average Bonchev–Trinajstić information content (AvgIpc) is 2.88. The van der Waals surface area contributed by atoms with Gasteiger partial charge in [0.25, 0.3) is 0 Å². The van der Waals surface area contributed by atoms with Gasteiger partial charge in [-0.1, -0.05) is 23.2 Å². The molecule has 114 valence electrons. The van der Waals surface area contributed by atoms with Crippen LogP contribution in [0.25, 0.3) is 5.65 Å². The lowest BCUT2D eigenvalue weighted by Crippen LogP contribution is -2.01. The van der Waals surface area contributed by atoms with Crippen LogP contribution in [0.5, 0.6) is 5.75 Å². The molecule has 0 spiro atoms. The molecule has 1 aromatic carbocycles. The minimum Gasteiger partial charge on any atom is -0.485 e. The molecule has 0 bridgehead atoms. The molecule has 0 unspecified atom stereocenters. The number of halogens is 2. The van der Waals surface area contributed by atoms with Crippen LogP contribution < -0.4 is 10.1 Å². The van der Waals surface area contributed by atoms with Crippen LogP contribution >= 0.6 is 23.2 Å². The van der Waals surface area contributed by atoms with Crippen LogP contribution in [-0.4, -0.2) is 16.4 Å². The standard InChI is InChI=1S/C16H15Cl2N3O/c1-10-8-21-7-3-4-14(16(21)20-10)22-9-11-12(17)5-6-13(19-2)15(11)18/h3-8,19H,9H2,1-2H3. The fourth-order valence-corrected chi connectivity index (χ4v) is 2.87. The summed E-state index contributed by atoms with van der Waals surface area (Å²) >= 11 is 12.6. The molecule has 2 aromatic heterocycles. The number of hydrogen-bond acceptors (Lipinski definition) is 3. The first-order valence-corrected chi connectivity index (χ1v) is 7.57. The Morgan fingerprint density at radius 2 is 2.09 bits per heavy atom. The number of aryl methyl sites for hydroxylation is 1. The fraction of sp³-hybridized carbons (Fsp3) is 0.188. The Bertz CT molecular complexity index is 830. The number of ether oxygens (including phenoxy) is 1. The number of nitrogens with zero attached hydrogens (tertiary/aromatic N) is 2. The van der Waals surface area contributed by atoms with Gasteiger partial charge in [-0.3, -0.25) is 0 Å². The number of nitrogens with one attached hydrogen (secondary N) is 1. The molecule has 0 aliphatic carbocycles. The van der Waals surface area contributed by atoms with Gasteiger partial charge < -0.3 is 14.5 Å². The molecule has 1 N–H and O–H groups in total. The van der Waals surface area contributed by atoms with Gasteiger partial charge in [-0.25, -0.2) is 4.98 Å². The van der Waals surface area contributed by atoms with E-state index in [0.717, 1.165) is 22.6 Å². The smallest absolute Gasteiger partial charge is 0.179 e. The zero-order valence-electron chi connectivity index (χ0n) is 12.2. The summed E-state index contributed by atoms with van der Waals surface area (Å²) in [6.45, 7) is 2.22. The van der Waals surface area contributed by atoms with E-state index < -0.39 is 0 Å². The van der Waals surface area contributed by atoms with Crippen LogP contribution in [-0.2, 0) is 6.61 Å². The molecule has 0 atom stereocenters. The van der Waals surface area contributed by atoms with E-state index in [2.05, 4.69) is 10.3 Å². The van der Waals surface area contributed by atoms with E-state index in [1.165, 1.54) is 0 Å². The first-order chi connectivity index (χ1) is 10.6. The minimum absolute atomic E-state index is 0.277. The molecule has 3 aromatic rings. The van der Waals surface area contributed by atoms with Gasteiger partial charge in [0.05, 0.1) is 16.4 Å². The third-order valence-corrected chi connectivity index (χ3v) is 4.18. The number of rotatable bonds is 4. The van der Waals surface area contributed by atoms with E-state index in [4.69, 9.17) is 27.9 Å². The summed E-state index contributed by atoms with van der Waals surface area (Å²) in [5.74, 6) is 0.692. The monoisotopic (exact) mass is 335 g/mol. The maximum atomic E-state index is 6.35. The molecule has 4 nitrogen and oxygen atoms in total. The van der Waals surface area contributed by atoms with Crippen LogP contribution in [0.1, 0.15) is 11.3 Å². The van der Waals surface area contributed by atoms with Crippen molar-refractivity contribution in [3.63, 3.8) is 0 Å². The molecule has 0 aliphatic rings. The second kappa shape index (κ2) is 6.07. The van der Waals surface area contributed by atoms with Crippen molar-refractivity contribution in [2.24, 2.45) is 0 Å². The number of benzene rings is 1. The van der Waals surface area contributed by atoms with Gasteiger partial charge in [-0.05, 0) is 31.2 Å². The van der Waals surface area contributed by atoms with Gasteiger partial charge in [0.1, 0.15) is 6.61 Å². The van der Waals surface area contributed by atoms with Crippen molar-refractivity contribution in [1.29, 1.82) is 0 Å². The van der Waals surface area contributed by atoms with E-state index in [-0.39, 0.29) is 6.61 Å². The highest BCUT2D eigenvalue weighted by atomic mass is 35.5. The summed E-state index contributed by atoms with van der Waals surface area (Å²) in [6.07, 6.45) is 3.88. The second-order valence-electron chi connectivity index (χ2n) is 4.91. The minimum atomic E-state index is 0.277. The van der Waals surface area contributed by atoms with Gasteiger partial charge in [0.2, 0.25) is 0 Å². The number of pyridine rings is 1. The lowest BCUT2D eigenvalue weighted by Gasteiger charge is -2.13. The summed E-state index contributed by atoms with van der Waals surface area (Å²) in [6, 6.07) is 7.44. The molecule has 0 radical (unpaired) electrons. The van der Waals surface area contributed by atoms with Crippen LogP contribution in [0.3, 0.4) is 0 Å². The van der Waals surface area contributed by atoms with Gasteiger partial charge >= 0.3 is 0 Å². The highest BCUT2D eigenvalue weighted by Gasteiger charge is 2.12. The van der Waals surface area contributed by atoms with E-state index in [1.54, 1.807) is 6.07 Å². The molecule has 3 rings (SSSR count). The Morgan fingerprint density at radius 3 is 2.86 bits per heavy atom. The summed E-state index contributed by atoms with van der Waals surface area (Å²) < 4.78 is 7.83. The molecule has 0 saturated heterocycles. The predicted molar refractivity (Wildman–Crippen MR) is 90.3 cm³/mol. The Balaban J connectivity index is 1.91. The third-order valence-electron chi connectivity index (χ3n) is 3.39. The van der Waals surface area contributed by atoms with Crippen LogP contribution in [0, 0.1) is 6.92 Å². The van der Waals surface area contributed by atoms with E-state index >= 15 is 0 Å². The number of aromatic nitrogens is 2. The molecule has 6 heteroatoms. The lowest BCUT2D eigenvalue weighted by molar-refractivity contribution is 0.308. The quantitative estimate of drug-likeness (QED) is 0.758. The summed E-state index contributed by atoms with van der Waals surface area (Å²) in [7, 11) is 1.81. The van der Waals surface area contributed by atoms with Crippen molar-refractivity contribution in [3.05, 3.63) is 58.0 Å². The Hall–Kier alpha value is -1.91. The zero-order valence-corrected chi connectivity index (χ0v) is 13.7. The van der Waals surface area contributed by atoms with Crippen molar-refractivity contribution in [3.8, 4) is 5.75 Å². The highest BCUT2D eigenvalue weighted by molar-refractivity contribution is 6.37. The second-order valence-corrected chi connectivity index (χ2v) is 5.70. The third kappa shape index (κ3) is 2.72. The Morgan fingerprint density at radius 1 is 1.27 bits per heavy atom. The Labute approximate surface area is 138 Å². The van der Waals surface area contributed by atoms with Crippen molar-refractivity contribution >= 4 is 34.5 Å². The SMILES string of the molecule is CNc1ccc(Cl)c(COc2cccn3cc(C)nc23)c1Cl. The van der Waals surface area contributed by atoms with Crippen LogP contribution in [0.4, 0.5) is 5.69 Å². The molecule has 0 amide bonds. The molecule has 22 heavy (non-hydrogen) atoms. The summed E-state index contributed by atoms with van der Waals surface area (Å²) in [5, 5.41) is 4.18. The van der Waals surface area contributed by atoms with Crippen molar-refractivity contribution < 1.29 is 4.74 Å². The van der Waals surface area contributed by atoms with Crippen molar-refractivity contribution in [2.45, 2.75) is 13.5 Å². The predicted octanol–water partition coefficient (Wildman–Crippen LogP) is 4.57. The number of fused-ring (bicyclic) bond motifs is 1. The van der Waals surface area contributed by atoms with E-state index in [9.17, 15) is 0 Å². The summed E-state index contributed by atoms with van der Waals surface area (Å²) in [4.78, 5) is 4.46. The summed E-state index contributed by atoms with van der Waals surface area (Å²) in [5.41, 5.74) is 3.28. The van der Waals surface area contributed by atoms with Gasteiger partial charge in [0, 0.05) is 30.0 Å². The number of imidazole rings is 1. The molecule has 0 aliphatic heterocycles. The number of anilines is 1. The number of hydrogen-bond donors (Lipinski definition) is 1. The first kappa shape index (κ1) is 15.0. The zero-order chi connectivity index (χ0) is 15.7. The van der Waals surface area contributed by atoms with Crippen molar-refractivity contribution in [2.75, 3.05) is 12.4 Å². The van der Waals surface area contributed by atoms with Gasteiger partial charge in [0.15, 0.2) is 11.4 Å². The lowest BCUT2D eigenvalue weighted by atomic mass is 10.2. The van der Waals surface area contributed by atoms with Crippen LogP contribution in [0.15, 0.2) is 36.7 Å². The van der Waals surface area contributed by atoms with E-state index in [1.807, 2.05) is 49.0 Å². The molecule has 0 fully saturated rings. The topological polar surface area (TPSA) is 38.6 Å². The normalized spacial score (nSPS) is 10.9. The maximum absolute atomic E-state index is 6.35. The molecular formula is C16H15Cl2N3O. The Kier molecular flexibility index (Phi) is 4.14. The van der Waals surface area contributed by atoms with Gasteiger partial charge in [-0.2, -0.15) is 0 Å². The van der Waals surface area contributed by atoms with Gasteiger partial charge in [-0.15, -0.1) is 0 Å². The average molecular weight is 336 g/mol. The van der Waals surface area contributed by atoms with E-state index in [0.29, 0.717) is 15.8 Å². The molecule has 2 heterocycles. The highest BCUT2D eigenvalue weighted by Crippen LogP contribution is 2.32. The first-order valence-electron chi connectivity index (χ1n) is 6.82.